The van der Waals surface area contributed by atoms with Crippen LogP contribution >= 0.6 is 23.2 Å². The van der Waals surface area contributed by atoms with Gasteiger partial charge in [0, 0.05) is 10.0 Å². The Balaban J connectivity index is 2.09. The average molecular weight is 259 g/mol. The first kappa shape index (κ1) is 11.7. The third-order valence-corrected chi connectivity index (χ3v) is 3.83. The van der Waals surface area contributed by atoms with E-state index in [4.69, 9.17) is 28.3 Å². The molecule has 86 valence electrons. The van der Waals surface area contributed by atoms with Gasteiger partial charge in [0.25, 0.3) is 0 Å². The lowest BCUT2D eigenvalue weighted by Crippen LogP contribution is -2.34. The van der Waals surface area contributed by atoms with E-state index in [1.165, 1.54) is 0 Å². The molecule has 2 atom stereocenters. The monoisotopic (exact) mass is 258 g/mol. The normalized spacial score (nSPS) is 23.9. The first-order valence-electron chi connectivity index (χ1n) is 5.24. The van der Waals surface area contributed by atoms with E-state index in [0.29, 0.717) is 16.5 Å². The van der Waals surface area contributed by atoms with Crippen molar-refractivity contribution >= 4 is 29.2 Å². The highest BCUT2D eigenvalue weighted by Gasteiger charge is 2.36. The second-order valence-electron chi connectivity index (χ2n) is 4.22. The molecule has 0 spiro atoms. The number of benzene rings is 1. The van der Waals surface area contributed by atoms with Crippen molar-refractivity contribution in [3.8, 4) is 0 Å². The van der Waals surface area contributed by atoms with Crippen molar-refractivity contribution in [1.29, 1.82) is 0 Å². The second kappa shape index (κ2) is 4.64. The molecule has 1 N–H and O–H groups in total. The molecule has 1 saturated carbocycles. The standard InChI is InChI=1S/C12H12Cl2O2/c13-9-2-4-11(14)8(6-9)5-7-1-3-10(7)12(15)16/h2,4,6-7,10H,1,3,5H2,(H,15,16). The predicted molar refractivity (Wildman–Crippen MR) is 64.0 cm³/mol. The summed E-state index contributed by atoms with van der Waals surface area (Å²) >= 11 is 11.9. The number of carbonyl (C=O) groups is 1. The molecule has 4 heteroatoms. The second-order valence-corrected chi connectivity index (χ2v) is 5.07. The summed E-state index contributed by atoms with van der Waals surface area (Å²) in [7, 11) is 0. The van der Waals surface area contributed by atoms with E-state index in [1.54, 1.807) is 12.1 Å². The molecule has 1 fully saturated rings. The van der Waals surface area contributed by atoms with Gasteiger partial charge in [0.2, 0.25) is 0 Å². The summed E-state index contributed by atoms with van der Waals surface area (Å²) in [5, 5.41) is 10.3. The number of carboxylic acid groups (broad SMARTS) is 1. The van der Waals surface area contributed by atoms with Crippen LogP contribution < -0.4 is 0 Å². The van der Waals surface area contributed by atoms with Crippen molar-refractivity contribution in [3.05, 3.63) is 33.8 Å². The fraction of sp³-hybridized carbons (Fsp3) is 0.417. The SMILES string of the molecule is O=C(O)C1CCC1Cc1cc(Cl)ccc1Cl. The van der Waals surface area contributed by atoms with Crippen molar-refractivity contribution < 1.29 is 9.90 Å². The highest BCUT2D eigenvalue weighted by molar-refractivity contribution is 6.33. The third-order valence-electron chi connectivity index (χ3n) is 3.22. The first-order valence-corrected chi connectivity index (χ1v) is 6.00. The molecule has 1 aliphatic carbocycles. The lowest BCUT2D eigenvalue weighted by Gasteiger charge is -2.33. The van der Waals surface area contributed by atoms with Gasteiger partial charge in [0.1, 0.15) is 0 Å². The van der Waals surface area contributed by atoms with Gasteiger partial charge in [-0.25, -0.2) is 0 Å². The third kappa shape index (κ3) is 2.33. The van der Waals surface area contributed by atoms with Gasteiger partial charge in [-0.2, -0.15) is 0 Å². The van der Waals surface area contributed by atoms with E-state index >= 15 is 0 Å². The number of rotatable bonds is 3. The van der Waals surface area contributed by atoms with Gasteiger partial charge in [-0.3, -0.25) is 4.79 Å². The smallest absolute Gasteiger partial charge is 0.306 e. The molecule has 0 saturated heterocycles. The summed E-state index contributed by atoms with van der Waals surface area (Å²) in [6, 6.07) is 5.32. The number of halogens is 2. The lowest BCUT2D eigenvalue weighted by atomic mass is 9.71. The maximum absolute atomic E-state index is 10.9. The van der Waals surface area contributed by atoms with Gasteiger partial charge < -0.3 is 5.11 Å². The molecule has 0 radical (unpaired) electrons. The summed E-state index contributed by atoms with van der Waals surface area (Å²) in [5.41, 5.74) is 0.949. The van der Waals surface area contributed by atoms with Crippen LogP contribution in [-0.2, 0) is 11.2 Å². The minimum atomic E-state index is -0.700. The van der Waals surface area contributed by atoms with E-state index in [9.17, 15) is 4.79 Å². The molecule has 1 aliphatic rings. The molecule has 0 aromatic heterocycles. The van der Waals surface area contributed by atoms with Gasteiger partial charge in [0.05, 0.1) is 5.92 Å². The van der Waals surface area contributed by atoms with E-state index in [2.05, 4.69) is 0 Å². The Morgan fingerprint density at radius 2 is 2.12 bits per heavy atom. The van der Waals surface area contributed by atoms with Gasteiger partial charge in [-0.1, -0.05) is 23.2 Å². The minimum Gasteiger partial charge on any atom is -0.481 e. The summed E-state index contributed by atoms with van der Waals surface area (Å²) < 4.78 is 0. The molecule has 1 aromatic rings. The molecule has 2 rings (SSSR count). The zero-order valence-corrected chi connectivity index (χ0v) is 10.1. The van der Waals surface area contributed by atoms with Crippen LogP contribution in [0.5, 0.6) is 0 Å². The van der Waals surface area contributed by atoms with Crippen molar-refractivity contribution in [2.24, 2.45) is 11.8 Å². The highest BCUT2D eigenvalue weighted by Crippen LogP contribution is 2.38. The number of aliphatic carboxylic acids is 1. The van der Waals surface area contributed by atoms with E-state index in [-0.39, 0.29) is 11.8 Å². The molecule has 0 bridgehead atoms. The van der Waals surface area contributed by atoms with Crippen molar-refractivity contribution in [1.82, 2.24) is 0 Å². The lowest BCUT2D eigenvalue weighted by molar-refractivity contribution is -0.147. The largest absolute Gasteiger partial charge is 0.481 e. The Morgan fingerprint density at radius 3 is 2.69 bits per heavy atom. The number of carboxylic acids is 1. The molecule has 1 aromatic carbocycles. The van der Waals surface area contributed by atoms with E-state index < -0.39 is 5.97 Å². The van der Waals surface area contributed by atoms with Crippen LogP contribution in [0.1, 0.15) is 18.4 Å². The molecule has 0 amide bonds. The van der Waals surface area contributed by atoms with Crippen LogP contribution in [0.4, 0.5) is 0 Å². The van der Waals surface area contributed by atoms with Crippen LogP contribution in [0.3, 0.4) is 0 Å². The van der Waals surface area contributed by atoms with Crippen molar-refractivity contribution in [2.75, 3.05) is 0 Å². The Kier molecular flexibility index (Phi) is 3.41. The van der Waals surface area contributed by atoms with Crippen LogP contribution in [0.2, 0.25) is 10.0 Å². The van der Waals surface area contributed by atoms with Crippen LogP contribution in [0, 0.1) is 11.8 Å². The predicted octanol–water partition coefficient (Wildman–Crippen LogP) is 3.65. The van der Waals surface area contributed by atoms with Gasteiger partial charge in [-0.05, 0) is 48.9 Å². The molecule has 2 unspecified atom stereocenters. The maximum atomic E-state index is 10.9. The summed E-state index contributed by atoms with van der Waals surface area (Å²) in [6.07, 6.45) is 2.44. The fourth-order valence-corrected chi connectivity index (χ4v) is 2.51. The Morgan fingerprint density at radius 1 is 1.38 bits per heavy atom. The molecular formula is C12H12Cl2O2. The highest BCUT2D eigenvalue weighted by atomic mass is 35.5. The van der Waals surface area contributed by atoms with E-state index in [0.717, 1.165) is 18.4 Å². The zero-order valence-electron chi connectivity index (χ0n) is 8.62. The van der Waals surface area contributed by atoms with Crippen molar-refractivity contribution in [2.45, 2.75) is 19.3 Å². The maximum Gasteiger partial charge on any atom is 0.306 e. The van der Waals surface area contributed by atoms with Crippen LogP contribution in [0.25, 0.3) is 0 Å². The summed E-state index contributed by atoms with van der Waals surface area (Å²) in [6.45, 7) is 0. The topological polar surface area (TPSA) is 37.3 Å². The fourth-order valence-electron chi connectivity index (χ4n) is 2.12. The van der Waals surface area contributed by atoms with Crippen molar-refractivity contribution in [3.63, 3.8) is 0 Å². The Bertz CT molecular complexity index is 417. The average Bonchev–Trinajstić information content (AvgIpc) is 2.16. The van der Waals surface area contributed by atoms with E-state index in [1.807, 2.05) is 6.07 Å². The molecule has 16 heavy (non-hydrogen) atoms. The van der Waals surface area contributed by atoms with Gasteiger partial charge in [0.15, 0.2) is 0 Å². The first-order chi connectivity index (χ1) is 7.58. The number of hydrogen-bond acceptors (Lipinski definition) is 1. The van der Waals surface area contributed by atoms with Gasteiger partial charge in [-0.15, -0.1) is 0 Å². The molecule has 2 nitrogen and oxygen atoms in total. The molecular weight excluding hydrogens is 247 g/mol. The Hall–Kier alpha value is -0.730. The molecule has 0 heterocycles. The summed E-state index contributed by atoms with van der Waals surface area (Å²) in [4.78, 5) is 10.9. The van der Waals surface area contributed by atoms with Crippen LogP contribution in [-0.4, -0.2) is 11.1 Å². The minimum absolute atomic E-state index is 0.202. The zero-order chi connectivity index (χ0) is 11.7. The van der Waals surface area contributed by atoms with Crippen LogP contribution in [0.15, 0.2) is 18.2 Å². The van der Waals surface area contributed by atoms with Gasteiger partial charge >= 0.3 is 5.97 Å². The molecule has 0 aliphatic heterocycles. The Labute approximate surface area is 104 Å². The number of hydrogen-bond donors (Lipinski definition) is 1. The summed E-state index contributed by atoms with van der Waals surface area (Å²) in [5.74, 6) is -0.710. The quantitative estimate of drug-likeness (QED) is 0.899.